The molecule has 2 aromatic rings. The van der Waals surface area contributed by atoms with Gasteiger partial charge >= 0.3 is 0 Å². The number of ether oxygens (including phenoxy) is 1. The lowest BCUT2D eigenvalue weighted by Crippen LogP contribution is -2.37. The molecule has 3 amide bonds. The van der Waals surface area contributed by atoms with Crippen LogP contribution in [0.15, 0.2) is 42.5 Å². The van der Waals surface area contributed by atoms with E-state index < -0.39 is 0 Å². The molecule has 0 spiro atoms. The number of nitrogens with zero attached hydrogens (tertiary/aromatic N) is 2. The zero-order valence-corrected chi connectivity index (χ0v) is 18.9. The Hall–Kier alpha value is -3.19. The fraction of sp³-hybridized carbons (Fsp3) is 0.423. The van der Waals surface area contributed by atoms with Crippen LogP contribution in [0, 0.1) is 18.8 Å². The number of anilines is 3. The molecule has 2 aromatic carbocycles. The standard InChI is InChI=1S/C26H29N3O4/c1-17-6-8-18(9-7-17)27-24(30)22-16-19(10-11-23(22)28-12-14-33-15-13-28)29-25(31)20-4-2-3-5-21(20)26(29)32/h6-11,16,20-21H,2-5,12-15H2,1H3,(H,27,30)/t20-,21-/m1/s1. The summed E-state index contributed by atoms with van der Waals surface area (Å²) >= 11 is 0. The van der Waals surface area contributed by atoms with Gasteiger partial charge in [-0.15, -0.1) is 0 Å². The summed E-state index contributed by atoms with van der Waals surface area (Å²) in [6, 6.07) is 13.0. The zero-order valence-electron chi connectivity index (χ0n) is 18.9. The number of benzene rings is 2. The molecule has 2 atom stereocenters. The molecule has 1 N–H and O–H groups in total. The van der Waals surface area contributed by atoms with E-state index in [0.29, 0.717) is 43.2 Å². The van der Waals surface area contributed by atoms with Gasteiger partial charge in [-0.3, -0.25) is 19.3 Å². The summed E-state index contributed by atoms with van der Waals surface area (Å²) in [5.41, 5.74) is 3.51. The van der Waals surface area contributed by atoms with Gasteiger partial charge in [0.25, 0.3) is 5.91 Å². The monoisotopic (exact) mass is 447 g/mol. The van der Waals surface area contributed by atoms with Crippen molar-refractivity contribution in [3.05, 3.63) is 53.6 Å². The molecule has 0 aromatic heterocycles. The molecule has 7 nitrogen and oxygen atoms in total. The highest BCUT2D eigenvalue weighted by Crippen LogP contribution is 2.41. The number of carbonyl (C=O) groups excluding carboxylic acids is 3. The van der Waals surface area contributed by atoms with E-state index in [9.17, 15) is 14.4 Å². The predicted octanol–water partition coefficient (Wildman–Crippen LogP) is 3.76. The van der Waals surface area contributed by atoms with E-state index in [0.717, 1.165) is 36.9 Å². The van der Waals surface area contributed by atoms with Gasteiger partial charge in [-0.1, -0.05) is 30.5 Å². The minimum absolute atomic E-state index is 0.131. The maximum Gasteiger partial charge on any atom is 0.257 e. The largest absolute Gasteiger partial charge is 0.378 e. The Morgan fingerprint density at radius 2 is 1.58 bits per heavy atom. The fourth-order valence-electron chi connectivity index (χ4n) is 5.18. The van der Waals surface area contributed by atoms with Gasteiger partial charge in [0.1, 0.15) is 0 Å². The van der Waals surface area contributed by atoms with Crippen molar-refractivity contribution in [2.45, 2.75) is 32.6 Å². The average molecular weight is 448 g/mol. The van der Waals surface area contributed by atoms with Gasteiger partial charge in [0.2, 0.25) is 11.8 Å². The van der Waals surface area contributed by atoms with Crippen LogP contribution in [0.3, 0.4) is 0 Å². The Labute approximate surface area is 193 Å². The number of nitrogens with one attached hydrogen (secondary N) is 1. The first kappa shape index (κ1) is 21.6. The maximum absolute atomic E-state index is 13.4. The molecular weight excluding hydrogens is 418 g/mol. The number of carbonyl (C=O) groups is 3. The molecule has 1 aliphatic carbocycles. The summed E-state index contributed by atoms with van der Waals surface area (Å²) in [6.45, 7) is 4.53. The summed E-state index contributed by atoms with van der Waals surface area (Å²) < 4.78 is 5.48. The van der Waals surface area contributed by atoms with E-state index >= 15 is 0 Å². The van der Waals surface area contributed by atoms with Crippen LogP contribution in [0.2, 0.25) is 0 Å². The van der Waals surface area contributed by atoms with Crippen LogP contribution in [-0.4, -0.2) is 44.0 Å². The Morgan fingerprint density at radius 3 is 2.21 bits per heavy atom. The van der Waals surface area contributed by atoms with E-state index in [1.165, 1.54) is 4.90 Å². The van der Waals surface area contributed by atoms with Crippen LogP contribution in [0.1, 0.15) is 41.6 Å². The van der Waals surface area contributed by atoms with E-state index in [1.807, 2.05) is 37.3 Å². The predicted molar refractivity (Wildman–Crippen MR) is 127 cm³/mol. The van der Waals surface area contributed by atoms with Crippen LogP contribution in [-0.2, 0) is 14.3 Å². The number of morpholine rings is 1. The highest BCUT2D eigenvalue weighted by molar-refractivity contribution is 6.22. The van der Waals surface area contributed by atoms with Crippen LogP contribution in [0.25, 0.3) is 0 Å². The number of fused-ring (bicyclic) bond motifs is 1. The number of amides is 3. The number of hydrogen-bond donors (Lipinski definition) is 1. The second kappa shape index (κ2) is 8.98. The van der Waals surface area contributed by atoms with Gasteiger partial charge < -0.3 is 15.0 Å². The van der Waals surface area contributed by atoms with Crippen molar-refractivity contribution in [1.82, 2.24) is 0 Å². The minimum atomic E-state index is -0.265. The van der Waals surface area contributed by atoms with Gasteiger partial charge in [0, 0.05) is 24.5 Å². The molecule has 1 saturated carbocycles. The molecule has 0 bridgehead atoms. The van der Waals surface area contributed by atoms with Gasteiger partial charge in [0.15, 0.2) is 0 Å². The second-order valence-corrected chi connectivity index (χ2v) is 9.13. The van der Waals surface area contributed by atoms with Crippen molar-refractivity contribution >= 4 is 34.8 Å². The number of hydrogen-bond acceptors (Lipinski definition) is 5. The molecule has 3 aliphatic rings. The zero-order chi connectivity index (χ0) is 22.9. The first-order valence-electron chi connectivity index (χ1n) is 11.8. The van der Waals surface area contributed by atoms with Crippen LogP contribution < -0.4 is 15.1 Å². The summed E-state index contributed by atoms with van der Waals surface area (Å²) in [6.07, 6.45) is 3.49. The number of imide groups is 1. The summed E-state index contributed by atoms with van der Waals surface area (Å²) in [7, 11) is 0. The average Bonchev–Trinajstić information content (AvgIpc) is 3.11. The maximum atomic E-state index is 13.4. The molecule has 0 radical (unpaired) electrons. The van der Waals surface area contributed by atoms with Crippen molar-refractivity contribution in [2.75, 3.05) is 41.4 Å². The van der Waals surface area contributed by atoms with E-state index in [-0.39, 0.29) is 29.6 Å². The molecule has 2 saturated heterocycles. The van der Waals surface area contributed by atoms with Crippen molar-refractivity contribution in [3.63, 3.8) is 0 Å². The highest BCUT2D eigenvalue weighted by atomic mass is 16.5. The lowest BCUT2D eigenvalue weighted by atomic mass is 9.81. The third kappa shape index (κ3) is 4.13. The molecule has 7 heteroatoms. The quantitative estimate of drug-likeness (QED) is 0.722. The third-order valence-corrected chi connectivity index (χ3v) is 6.99. The van der Waals surface area contributed by atoms with Gasteiger partial charge in [-0.25, -0.2) is 0 Å². The Kier molecular flexibility index (Phi) is 5.89. The van der Waals surface area contributed by atoms with Crippen LogP contribution in [0.5, 0.6) is 0 Å². The van der Waals surface area contributed by atoms with E-state index in [2.05, 4.69) is 10.2 Å². The lowest BCUT2D eigenvalue weighted by molar-refractivity contribution is -0.122. The Bertz CT molecular complexity index is 1050. The van der Waals surface area contributed by atoms with Crippen molar-refractivity contribution in [3.8, 4) is 0 Å². The minimum Gasteiger partial charge on any atom is -0.378 e. The summed E-state index contributed by atoms with van der Waals surface area (Å²) in [5, 5.41) is 2.97. The first-order chi connectivity index (χ1) is 16.0. The third-order valence-electron chi connectivity index (χ3n) is 6.99. The normalized spacial score (nSPS) is 22.9. The molecule has 33 heavy (non-hydrogen) atoms. The van der Waals surface area contributed by atoms with E-state index in [4.69, 9.17) is 4.74 Å². The smallest absolute Gasteiger partial charge is 0.257 e. The van der Waals surface area contributed by atoms with E-state index in [1.54, 1.807) is 12.1 Å². The summed E-state index contributed by atoms with van der Waals surface area (Å²) in [5.74, 6) is -0.980. The fourth-order valence-corrected chi connectivity index (χ4v) is 5.18. The first-order valence-corrected chi connectivity index (χ1v) is 11.8. The second-order valence-electron chi connectivity index (χ2n) is 9.13. The van der Waals surface area contributed by atoms with Crippen LogP contribution in [0.4, 0.5) is 17.1 Å². The van der Waals surface area contributed by atoms with Crippen molar-refractivity contribution in [1.29, 1.82) is 0 Å². The topological polar surface area (TPSA) is 79.0 Å². The summed E-state index contributed by atoms with van der Waals surface area (Å²) in [4.78, 5) is 43.1. The van der Waals surface area contributed by atoms with Crippen LogP contribution >= 0.6 is 0 Å². The lowest BCUT2D eigenvalue weighted by Gasteiger charge is -2.31. The van der Waals surface area contributed by atoms with Gasteiger partial charge in [-0.05, 0) is 50.1 Å². The SMILES string of the molecule is Cc1ccc(NC(=O)c2cc(N3C(=O)[C@@H]4CCCC[C@H]4C3=O)ccc2N2CCOCC2)cc1. The van der Waals surface area contributed by atoms with Crippen molar-refractivity contribution < 1.29 is 19.1 Å². The molecule has 0 unspecified atom stereocenters. The molecule has 172 valence electrons. The number of aryl methyl sites for hydroxylation is 1. The highest BCUT2D eigenvalue weighted by Gasteiger charge is 2.48. The Morgan fingerprint density at radius 1 is 0.939 bits per heavy atom. The van der Waals surface area contributed by atoms with Gasteiger partial charge in [-0.2, -0.15) is 0 Å². The number of rotatable bonds is 4. The van der Waals surface area contributed by atoms with Gasteiger partial charge in [0.05, 0.1) is 36.3 Å². The Balaban J connectivity index is 1.50. The molecule has 2 heterocycles. The van der Waals surface area contributed by atoms with Crippen molar-refractivity contribution in [2.24, 2.45) is 11.8 Å². The molecular formula is C26H29N3O4. The molecule has 2 aliphatic heterocycles. The molecule has 5 rings (SSSR count). The molecule has 3 fully saturated rings.